The first-order valence-electron chi connectivity index (χ1n) is 10.9. The number of nitrogens with zero attached hydrogens (tertiary/aromatic N) is 4. The van der Waals surface area contributed by atoms with Crippen LogP contribution in [-0.4, -0.2) is 50.7 Å². The van der Waals surface area contributed by atoms with Gasteiger partial charge in [0.1, 0.15) is 0 Å². The number of likely N-dealkylation sites (tertiary alicyclic amines) is 1. The molecule has 8 nitrogen and oxygen atoms in total. The Balaban J connectivity index is 1.25. The van der Waals surface area contributed by atoms with Crippen molar-refractivity contribution in [3.8, 4) is 23.0 Å². The number of carbonyl (C=O) groups is 1. The fourth-order valence-electron chi connectivity index (χ4n) is 4.24. The highest BCUT2D eigenvalue weighted by atomic mass is 16.2. The minimum absolute atomic E-state index is 0.133. The number of rotatable bonds is 5. The topological polar surface area (TPSA) is 107 Å². The number of amides is 1. The summed E-state index contributed by atoms with van der Waals surface area (Å²) in [7, 11) is 0. The van der Waals surface area contributed by atoms with Crippen LogP contribution in [0.3, 0.4) is 0 Å². The zero-order valence-corrected chi connectivity index (χ0v) is 17.6. The number of H-pyrrole nitrogens is 1. The van der Waals surface area contributed by atoms with Gasteiger partial charge in [0.15, 0.2) is 5.82 Å². The third-order valence-electron chi connectivity index (χ3n) is 6.26. The van der Waals surface area contributed by atoms with Gasteiger partial charge >= 0.3 is 0 Å². The highest BCUT2D eigenvalue weighted by Crippen LogP contribution is 2.29. The Morgan fingerprint density at radius 2 is 1.84 bits per heavy atom. The Labute approximate surface area is 185 Å². The Hall–Kier alpha value is -3.70. The van der Waals surface area contributed by atoms with E-state index in [-0.39, 0.29) is 17.5 Å². The zero-order valence-electron chi connectivity index (χ0n) is 17.6. The zero-order chi connectivity index (χ0) is 22.1. The molecular weight excluding hydrogens is 404 g/mol. The molecule has 1 saturated carbocycles. The molecule has 32 heavy (non-hydrogen) atoms. The number of carbonyl (C=O) groups excluding carboxylic acids is 1. The average Bonchev–Trinajstić information content (AvgIpc) is 3.61. The van der Waals surface area contributed by atoms with E-state index < -0.39 is 0 Å². The predicted octanol–water partition coefficient (Wildman–Crippen LogP) is 2.46. The van der Waals surface area contributed by atoms with Crippen molar-refractivity contribution in [1.82, 2.24) is 25.0 Å². The Morgan fingerprint density at radius 3 is 2.47 bits per heavy atom. The van der Waals surface area contributed by atoms with E-state index in [9.17, 15) is 9.59 Å². The van der Waals surface area contributed by atoms with Crippen molar-refractivity contribution < 1.29 is 4.79 Å². The molecule has 1 aliphatic carbocycles. The summed E-state index contributed by atoms with van der Waals surface area (Å²) in [4.78, 5) is 32.3. The van der Waals surface area contributed by atoms with Gasteiger partial charge in [-0.2, -0.15) is 5.26 Å². The summed E-state index contributed by atoms with van der Waals surface area (Å²) in [6.45, 7) is 2.09. The fourth-order valence-corrected chi connectivity index (χ4v) is 4.24. The van der Waals surface area contributed by atoms with E-state index in [1.165, 1.54) is 23.7 Å². The van der Waals surface area contributed by atoms with E-state index in [4.69, 9.17) is 5.26 Å². The minimum atomic E-state index is -0.248. The minimum Gasteiger partial charge on any atom is -0.349 e. The molecule has 1 amide bonds. The molecular formula is C24H24N6O2. The lowest BCUT2D eigenvalue weighted by Gasteiger charge is -2.32. The molecule has 1 aliphatic heterocycles. The number of piperidine rings is 1. The summed E-state index contributed by atoms with van der Waals surface area (Å²) < 4.78 is 1.34. The molecule has 3 heterocycles. The summed E-state index contributed by atoms with van der Waals surface area (Å²) >= 11 is 0. The normalized spacial score (nSPS) is 17.1. The van der Waals surface area contributed by atoms with Crippen LogP contribution in [0, 0.1) is 11.3 Å². The van der Waals surface area contributed by atoms with Gasteiger partial charge in [0.25, 0.3) is 11.5 Å². The first kappa shape index (κ1) is 20.2. The number of aromatic amines is 1. The largest absolute Gasteiger partial charge is 0.349 e. The van der Waals surface area contributed by atoms with Crippen LogP contribution < -0.4 is 10.9 Å². The van der Waals surface area contributed by atoms with E-state index in [0.717, 1.165) is 32.0 Å². The van der Waals surface area contributed by atoms with Gasteiger partial charge in [-0.15, -0.1) is 0 Å². The molecule has 1 aromatic carbocycles. The number of pyridine rings is 1. The molecule has 2 N–H and O–H groups in total. The third kappa shape index (κ3) is 4.07. The number of nitriles is 1. The molecule has 3 aromatic rings. The summed E-state index contributed by atoms with van der Waals surface area (Å²) in [6.07, 6.45) is 7.69. The highest BCUT2D eigenvalue weighted by Gasteiger charge is 2.32. The molecule has 2 aromatic heterocycles. The molecule has 5 rings (SSSR count). The molecule has 0 atom stereocenters. The van der Waals surface area contributed by atoms with Crippen LogP contribution in [0.4, 0.5) is 0 Å². The number of benzene rings is 1. The number of aromatic nitrogens is 3. The van der Waals surface area contributed by atoms with Crippen molar-refractivity contribution in [3.05, 3.63) is 70.3 Å². The lowest BCUT2D eigenvalue weighted by Crippen LogP contribution is -2.45. The summed E-state index contributed by atoms with van der Waals surface area (Å²) in [5, 5.41) is 15.0. The standard InChI is InChI=1S/C24H24N6O2/c25-13-16-1-3-17(4-2-16)21-15-27-30(24(21)32)22-8-5-18(14-26-22)23(31)28-19-9-11-29(12-10-19)20-6-7-20/h1-5,8,14-15,19-20,27H,6-7,9-12H2,(H,28,31). The maximum absolute atomic E-state index is 12.8. The fraction of sp³-hybridized carbons (Fsp3) is 0.333. The Kier molecular flexibility index (Phi) is 5.33. The average molecular weight is 428 g/mol. The Bertz CT molecular complexity index is 1210. The molecule has 1 saturated heterocycles. The predicted molar refractivity (Wildman–Crippen MR) is 119 cm³/mol. The highest BCUT2D eigenvalue weighted by molar-refractivity contribution is 5.94. The summed E-state index contributed by atoms with van der Waals surface area (Å²) in [5.74, 6) is 0.273. The lowest BCUT2D eigenvalue weighted by molar-refractivity contribution is 0.0908. The van der Waals surface area contributed by atoms with Crippen molar-refractivity contribution in [2.75, 3.05) is 13.1 Å². The van der Waals surface area contributed by atoms with E-state index in [1.54, 1.807) is 42.6 Å². The number of hydrogen-bond acceptors (Lipinski definition) is 5. The van der Waals surface area contributed by atoms with Gasteiger partial charge in [-0.1, -0.05) is 12.1 Å². The van der Waals surface area contributed by atoms with Crippen LogP contribution in [0.25, 0.3) is 16.9 Å². The maximum Gasteiger partial charge on any atom is 0.280 e. The molecule has 0 bridgehead atoms. The van der Waals surface area contributed by atoms with Crippen LogP contribution in [-0.2, 0) is 0 Å². The van der Waals surface area contributed by atoms with Crippen LogP contribution >= 0.6 is 0 Å². The van der Waals surface area contributed by atoms with Crippen molar-refractivity contribution in [3.63, 3.8) is 0 Å². The number of hydrogen-bond donors (Lipinski definition) is 2. The second-order valence-corrected chi connectivity index (χ2v) is 8.44. The van der Waals surface area contributed by atoms with Gasteiger partial charge in [0.2, 0.25) is 0 Å². The third-order valence-corrected chi connectivity index (χ3v) is 6.26. The Morgan fingerprint density at radius 1 is 1.09 bits per heavy atom. The van der Waals surface area contributed by atoms with E-state index >= 15 is 0 Å². The van der Waals surface area contributed by atoms with Crippen molar-refractivity contribution >= 4 is 5.91 Å². The lowest BCUT2D eigenvalue weighted by atomic mass is 10.0. The van der Waals surface area contributed by atoms with Gasteiger partial charge in [-0.25, -0.2) is 9.67 Å². The van der Waals surface area contributed by atoms with Crippen molar-refractivity contribution in [1.29, 1.82) is 5.26 Å². The second-order valence-electron chi connectivity index (χ2n) is 8.44. The van der Waals surface area contributed by atoms with Gasteiger partial charge in [-0.3, -0.25) is 14.7 Å². The quantitative estimate of drug-likeness (QED) is 0.649. The van der Waals surface area contributed by atoms with E-state index in [0.29, 0.717) is 28.1 Å². The summed E-state index contributed by atoms with van der Waals surface area (Å²) in [6, 6.07) is 13.2. The molecule has 162 valence electrons. The SMILES string of the molecule is N#Cc1ccc(-c2c[nH]n(-c3ccc(C(=O)NC4CCN(C5CC5)CC4)cn3)c2=O)cc1. The first-order valence-corrected chi connectivity index (χ1v) is 10.9. The van der Waals surface area contributed by atoms with Crippen LogP contribution in [0.2, 0.25) is 0 Å². The first-order chi connectivity index (χ1) is 15.6. The molecule has 2 aliphatic rings. The smallest absolute Gasteiger partial charge is 0.280 e. The van der Waals surface area contributed by atoms with Gasteiger partial charge in [0.05, 0.1) is 22.8 Å². The van der Waals surface area contributed by atoms with Gasteiger partial charge in [0, 0.05) is 37.6 Å². The van der Waals surface area contributed by atoms with E-state index in [1.807, 2.05) is 0 Å². The molecule has 2 fully saturated rings. The van der Waals surface area contributed by atoms with Crippen molar-refractivity contribution in [2.45, 2.75) is 37.8 Å². The van der Waals surface area contributed by atoms with E-state index in [2.05, 4.69) is 26.4 Å². The number of nitrogens with one attached hydrogen (secondary N) is 2. The summed E-state index contributed by atoms with van der Waals surface area (Å²) in [5.41, 5.74) is 1.96. The van der Waals surface area contributed by atoms with Crippen LogP contribution in [0.15, 0.2) is 53.6 Å². The molecule has 8 heteroatoms. The van der Waals surface area contributed by atoms with Crippen LogP contribution in [0.1, 0.15) is 41.6 Å². The monoisotopic (exact) mass is 428 g/mol. The van der Waals surface area contributed by atoms with Gasteiger partial charge in [-0.05, 0) is 55.5 Å². The maximum atomic E-state index is 12.8. The van der Waals surface area contributed by atoms with Gasteiger partial charge < -0.3 is 10.2 Å². The molecule has 0 radical (unpaired) electrons. The van der Waals surface area contributed by atoms with Crippen LogP contribution in [0.5, 0.6) is 0 Å². The second kappa shape index (κ2) is 8.44. The van der Waals surface area contributed by atoms with Crippen molar-refractivity contribution in [2.24, 2.45) is 0 Å². The molecule has 0 spiro atoms. The molecule has 0 unspecified atom stereocenters.